The number of aliphatic hydroxyl groups excluding tert-OH is 1. The molecule has 2 aromatic rings. The van der Waals surface area contributed by atoms with E-state index in [1.165, 1.54) is 0 Å². The van der Waals surface area contributed by atoms with E-state index in [-0.39, 0.29) is 12.4 Å². The van der Waals surface area contributed by atoms with Gasteiger partial charge in [-0.15, -0.1) is 0 Å². The van der Waals surface area contributed by atoms with E-state index in [4.69, 9.17) is 9.47 Å². The summed E-state index contributed by atoms with van der Waals surface area (Å²) in [5.41, 5.74) is 0.698. The topological polar surface area (TPSA) is 76.0 Å². The Labute approximate surface area is 177 Å². The van der Waals surface area contributed by atoms with Crippen molar-refractivity contribution in [3.8, 4) is 5.75 Å². The number of methoxy groups -OCH3 is 1. The van der Waals surface area contributed by atoms with Crippen molar-refractivity contribution in [2.24, 2.45) is 0 Å². The molecule has 0 fully saturated rings. The Hall–Kier alpha value is -1.25. The summed E-state index contributed by atoms with van der Waals surface area (Å²) in [4.78, 5) is -0.0370. The van der Waals surface area contributed by atoms with Crippen molar-refractivity contribution in [1.82, 2.24) is 0 Å². The van der Waals surface area contributed by atoms with Crippen LogP contribution in [0.2, 0.25) is 0 Å². The molecule has 2 N–H and O–H groups in total. The van der Waals surface area contributed by atoms with Crippen molar-refractivity contribution in [3.63, 3.8) is 0 Å². The smallest absolute Gasteiger partial charge is 0.118 e. The second-order valence-electron chi connectivity index (χ2n) is 6.99. The number of rotatable bonds is 10. The minimum Gasteiger partial charge on any atom is -0.497 e. The highest BCUT2D eigenvalue weighted by atomic mass is 79.9. The number of halogens is 1. The molecule has 0 aliphatic rings. The summed E-state index contributed by atoms with van der Waals surface area (Å²) in [6, 6.07) is 14.8. The minimum atomic E-state index is -1.36. The van der Waals surface area contributed by atoms with Crippen LogP contribution < -0.4 is 4.74 Å². The van der Waals surface area contributed by atoms with E-state index in [1.54, 1.807) is 26.2 Å². The largest absolute Gasteiger partial charge is 0.497 e. The zero-order valence-corrected chi connectivity index (χ0v) is 18.7. The lowest BCUT2D eigenvalue weighted by molar-refractivity contribution is -0.0554. The molecule has 154 valence electrons. The molecule has 0 saturated carbocycles. The third-order valence-corrected chi connectivity index (χ3v) is 7.40. The minimum absolute atomic E-state index is 0.0170. The molecule has 0 radical (unpaired) electrons. The molecule has 7 heteroatoms. The molecule has 0 bridgehead atoms. The summed E-state index contributed by atoms with van der Waals surface area (Å²) >= 11 is 3.35. The summed E-state index contributed by atoms with van der Waals surface area (Å²) in [5.74, 6) is 0.786. The zero-order chi connectivity index (χ0) is 20.7. The van der Waals surface area contributed by atoms with Gasteiger partial charge in [-0.05, 0) is 43.7 Å². The first-order valence-electron chi connectivity index (χ1n) is 8.93. The van der Waals surface area contributed by atoms with Crippen LogP contribution in [0.25, 0.3) is 0 Å². The van der Waals surface area contributed by atoms with E-state index in [9.17, 15) is 14.4 Å². The fourth-order valence-electron chi connectivity index (χ4n) is 2.62. The lowest BCUT2D eigenvalue weighted by atomic mass is 10.00. The number of benzene rings is 2. The molecule has 4 atom stereocenters. The molecule has 0 saturated heterocycles. The van der Waals surface area contributed by atoms with Gasteiger partial charge in [-0.1, -0.05) is 45.8 Å². The van der Waals surface area contributed by atoms with Gasteiger partial charge >= 0.3 is 0 Å². The van der Waals surface area contributed by atoms with Gasteiger partial charge in [0.05, 0.1) is 47.8 Å². The summed E-state index contributed by atoms with van der Waals surface area (Å²) in [6.45, 7) is 3.88. The van der Waals surface area contributed by atoms with Crippen molar-refractivity contribution in [2.75, 3.05) is 19.5 Å². The maximum atomic E-state index is 12.5. The molecule has 0 aliphatic heterocycles. The maximum absolute atomic E-state index is 12.5. The van der Waals surface area contributed by atoms with Crippen LogP contribution in [0.1, 0.15) is 18.1 Å². The molecule has 2 aromatic carbocycles. The van der Waals surface area contributed by atoms with Crippen LogP contribution in [-0.4, -0.2) is 50.4 Å². The first-order valence-corrected chi connectivity index (χ1v) is 11.2. The highest BCUT2D eigenvalue weighted by molar-refractivity contribution is 9.09. The number of hydrogen-bond acceptors (Lipinski definition) is 5. The first-order chi connectivity index (χ1) is 13.2. The molecular formula is C21H27BrO5S. The van der Waals surface area contributed by atoms with Crippen LogP contribution in [0.15, 0.2) is 53.4 Å². The number of aliphatic hydroxyl groups is 2. The molecule has 5 nitrogen and oxygen atoms in total. The number of ether oxygens (including phenoxy) is 2. The molecule has 0 unspecified atom stereocenters. The van der Waals surface area contributed by atoms with Gasteiger partial charge in [0.15, 0.2) is 0 Å². The summed E-state index contributed by atoms with van der Waals surface area (Å²) in [7, 11) is 0.248. The quantitative estimate of drug-likeness (QED) is 0.521. The van der Waals surface area contributed by atoms with E-state index in [1.807, 2.05) is 43.3 Å². The van der Waals surface area contributed by atoms with Crippen LogP contribution in [0.4, 0.5) is 0 Å². The van der Waals surface area contributed by atoms with Gasteiger partial charge in [0.2, 0.25) is 0 Å². The van der Waals surface area contributed by atoms with E-state index in [0.717, 1.165) is 16.9 Å². The van der Waals surface area contributed by atoms with Crippen molar-refractivity contribution >= 4 is 26.7 Å². The fraction of sp³-hybridized carbons (Fsp3) is 0.429. The van der Waals surface area contributed by atoms with Gasteiger partial charge in [0, 0.05) is 4.90 Å². The van der Waals surface area contributed by atoms with Crippen molar-refractivity contribution in [2.45, 2.75) is 41.9 Å². The predicted molar refractivity (Wildman–Crippen MR) is 114 cm³/mol. The highest BCUT2D eigenvalue weighted by Gasteiger charge is 2.36. The number of alkyl halides is 1. The third kappa shape index (κ3) is 6.67. The zero-order valence-electron chi connectivity index (χ0n) is 16.3. The average Bonchev–Trinajstić information content (AvgIpc) is 2.68. The van der Waals surface area contributed by atoms with Gasteiger partial charge in [0.1, 0.15) is 11.4 Å². The van der Waals surface area contributed by atoms with Crippen LogP contribution in [0, 0.1) is 6.92 Å². The summed E-state index contributed by atoms with van der Waals surface area (Å²) in [6.07, 6.45) is -0.998. The lowest BCUT2D eigenvalue weighted by Crippen LogP contribution is -2.48. The molecule has 0 aromatic heterocycles. The molecule has 28 heavy (non-hydrogen) atoms. The van der Waals surface area contributed by atoms with Crippen molar-refractivity contribution < 1.29 is 23.9 Å². The van der Waals surface area contributed by atoms with Gasteiger partial charge in [-0.2, -0.15) is 0 Å². The SMILES string of the molecule is COc1ccc(COC[C@](C)(O)[C@@H](Br)[C@H](O)C[S@@](=O)c2ccc(C)cc2)cc1. The predicted octanol–water partition coefficient (Wildman–Crippen LogP) is 3.20. The fourth-order valence-corrected chi connectivity index (χ4v) is 4.32. The normalized spacial score (nSPS) is 16.8. The molecule has 0 amide bonds. The van der Waals surface area contributed by atoms with Crippen LogP contribution >= 0.6 is 15.9 Å². The Balaban J connectivity index is 1.86. The van der Waals surface area contributed by atoms with Gasteiger partial charge in [0.25, 0.3) is 0 Å². The van der Waals surface area contributed by atoms with E-state index in [2.05, 4.69) is 15.9 Å². The van der Waals surface area contributed by atoms with Crippen LogP contribution in [0.3, 0.4) is 0 Å². The lowest BCUT2D eigenvalue weighted by Gasteiger charge is -2.31. The Morgan fingerprint density at radius 3 is 2.32 bits per heavy atom. The van der Waals surface area contributed by atoms with Gasteiger partial charge < -0.3 is 19.7 Å². The highest BCUT2D eigenvalue weighted by Crippen LogP contribution is 2.24. The second kappa shape index (κ2) is 10.5. The monoisotopic (exact) mass is 470 g/mol. The molecule has 2 rings (SSSR count). The Kier molecular flexibility index (Phi) is 8.64. The number of aryl methyl sites for hydroxylation is 1. The average molecular weight is 471 g/mol. The van der Waals surface area contributed by atoms with E-state index >= 15 is 0 Å². The van der Waals surface area contributed by atoms with E-state index < -0.39 is 27.3 Å². The molecular weight excluding hydrogens is 444 g/mol. The standard InChI is InChI=1S/C21H27BrO5S/c1-15-4-10-18(11-5-15)28(25)13-19(23)20(22)21(2,24)14-27-12-16-6-8-17(26-3)9-7-16/h4-11,19-20,23-24H,12-14H2,1-3H3/t19-,20+,21+,28-/m1/s1. The van der Waals surface area contributed by atoms with Gasteiger partial charge in [-0.25, -0.2) is 0 Å². The van der Waals surface area contributed by atoms with Crippen molar-refractivity contribution in [3.05, 3.63) is 59.7 Å². The first kappa shape index (κ1) is 23.0. The second-order valence-corrected chi connectivity index (χ2v) is 9.47. The number of hydrogen-bond donors (Lipinski definition) is 2. The maximum Gasteiger partial charge on any atom is 0.118 e. The molecule has 0 aliphatic carbocycles. The molecule has 0 spiro atoms. The van der Waals surface area contributed by atoms with Crippen LogP contribution in [-0.2, 0) is 22.1 Å². The third-order valence-electron chi connectivity index (χ3n) is 4.36. The summed E-state index contributed by atoms with van der Waals surface area (Å²) in [5, 5.41) is 21.1. The van der Waals surface area contributed by atoms with Crippen LogP contribution in [0.5, 0.6) is 5.75 Å². The Morgan fingerprint density at radius 1 is 1.14 bits per heavy atom. The Morgan fingerprint density at radius 2 is 1.75 bits per heavy atom. The van der Waals surface area contributed by atoms with E-state index in [0.29, 0.717) is 11.5 Å². The van der Waals surface area contributed by atoms with Gasteiger partial charge in [-0.3, -0.25) is 4.21 Å². The Bertz CT molecular complexity index is 761. The summed E-state index contributed by atoms with van der Waals surface area (Å²) < 4.78 is 23.2. The molecule has 0 heterocycles. The van der Waals surface area contributed by atoms with Crippen molar-refractivity contribution in [1.29, 1.82) is 0 Å².